The molecular formula is C17H19FN2O. The Bertz CT molecular complexity index is 606. The third-order valence-corrected chi connectivity index (χ3v) is 3.36. The normalized spacial score (nSPS) is 12.2. The highest BCUT2D eigenvalue weighted by Gasteiger charge is 2.19. The average Bonchev–Trinajstić information content (AvgIpc) is 2.46. The fraction of sp³-hybridized carbons (Fsp3) is 0.235. The summed E-state index contributed by atoms with van der Waals surface area (Å²) in [5.41, 5.74) is 7.67. The van der Waals surface area contributed by atoms with Crippen LogP contribution in [0.25, 0.3) is 0 Å². The van der Waals surface area contributed by atoms with Crippen LogP contribution in [0.2, 0.25) is 0 Å². The molecule has 0 heterocycles. The maximum absolute atomic E-state index is 13.0. The van der Waals surface area contributed by atoms with Crippen LogP contribution in [0.5, 0.6) is 0 Å². The van der Waals surface area contributed by atoms with E-state index in [1.54, 1.807) is 36.4 Å². The average molecular weight is 286 g/mol. The Kier molecular flexibility index (Phi) is 4.58. The molecule has 2 rings (SSSR count). The van der Waals surface area contributed by atoms with E-state index in [4.69, 9.17) is 5.73 Å². The van der Waals surface area contributed by atoms with Gasteiger partial charge in [-0.1, -0.05) is 26.0 Å². The van der Waals surface area contributed by atoms with Gasteiger partial charge in [-0.15, -0.1) is 0 Å². The number of nitrogens with one attached hydrogen (secondary N) is 1. The first-order valence-corrected chi connectivity index (χ1v) is 6.89. The first-order valence-electron chi connectivity index (χ1n) is 6.89. The summed E-state index contributed by atoms with van der Waals surface area (Å²) in [6.07, 6.45) is 0. The molecule has 2 aromatic rings. The standard InChI is InChI=1S/C17H19FN2O/c1-11(2)16(12-3-7-14(18)8-4-12)20-17(21)13-5-9-15(19)10-6-13/h3-11,16H,19H2,1-2H3,(H,20,21). The highest BCUT2D eigenvalue weighted by Crippen LogP contribution is 2.22. The van der Waals surface area contributed by atoms with Gasteiger partial charge in [-0.3, -0.25) is 4.79 Å². The summed E-state index contributed by atoms with van der Waals surface area (Å²) >= 11 is 0. The van der Waals surface area contributed by atoms with Crippen LogP contribution in [0.3, 0.4) is 0 Å². The van der Waals surface area contributed by atoms with Crippen LogP contribution >= 0.6 is 0 Å². The molecule has 0 aliphatic rings. The van der Waals surface area contributed by atoms with Gasteiger partial charge in [0.05, 0.1) is 6.04 Å². The number of anilines is 1. The number of halogens is 1. The molecule has 2 aromatic carbocycles. The number of rotatable bonds is 4. The number of nitrogen functional groups attached to an aromatic ring is 1. The van der Waals surface area contributed by atoms with Gasteiger partial charge in [0.15, 0.2) is 0 Å². The maximum Gasteiger partial charge on any atom is 0.251 e. The molecule has 3 N–H and O–H groups in total. The van der Waals surface area contributed by atoms with Crippen molar-refractivity contribution < 1.29 is 9.18 Å². The summed E-state index contributed by atoms with van der Waals surface area (Å²) in [6.45, 7) is 4.02. The molecule has 0 fully saturated rings. The number of nitrogens with two attached hydrogens (primary N) is 1. The molecule has 0 saturated heterocycles. The van der Waals surface area contributed by atoms with Crippen molar-refractivity contribution in [2.75, 3.05) is 5.73 Å². The van der Waals surface area contributed by atoms with Crippen molar-refractivity contribution in [2.24, 2.45) is 5.92 Å². The summed E-state index contributed by atoms with van der Waals surface area (Å²) in [7, 11) is 0. The van der Waals surface area contributed by atoms with E-state index in [1.165, 1.54) is 12.1 Å². The molecule has 0 aliphatic carbocycles. The Balaban J connectivity index is 2.18. The van der Waals surface area contributed by atoms with E-state index in [2.05, 4.69) is 5.32 Å². The van der Waals surface area contributed by atoms with Crippen molar-refractivity contribution in [3.63, 3.8) is 0 Å². The zero-order valence-corrected chi connectivity index (χ0v) is 12.1. The molecule has 1 amide bonds. The Morgan fingerprint density at radius 2 is 1.62 bits per heavy atom. The third-order valence-electron chi connectivity index (χ3n) is 3.36. The minimum absolute atomic E-state index is 0.168. The molecular weight excluding hydrogens is 267 g/mol. The van der Waals surface area contributed by atoms with Gasteiger partial charge in [-0.25, -0.2) is 4.39 Å². The Hall–Kier alpha value is -2.36. The van der Waals surface area contributed by atoms with E-state index < -0.39 is 0 Å². The largest absolute Gasteiger partial charge is 0.399 e. The van der Waals surface area contributed by atoms with Gasteiger partial charge in [-0.2, -0.15) is 0 Å². The first-order chi connectivity index (χ1) is 9.97. The van der Waals surface area contributed by atoms with Gasteiger partial charge < -0.3 is 11.1 Å². The number of hydrogen-bond acceptors (Lipinski definition) is 2. The van der Waals surface area contributed by atoms with Gasteiger partial charge in [0.2, 0.25) is 0 Å². The summed E-state index contributed by atoms with van der Waals surface area (Å²) in [6, 6.07) is 12.8. The molecule has 1 atom stereocenters. The first kappa shape index (κ1) is 15.0. The highest BCUT2D eigenvalue weighted by molar-refractivity contribution is 5.94. The van der Waals surface area contributed by atoms with E-state index in [-0.39, 0.29) is 23.7 Å². The lowest BCUT2D eigenvalue weighted by Gasteiger charge is -2.23. The number of benzene rings is 2. The quantitative estimate of drug-likeness (QED) is 0.845. The molecule has 0 aromatic heterocycles. The van der Waals surface area contributed by atoms with Crippen molar-refractivity contribution >= 4 is 11.6 Å². The van der Waals surface area contributed by atoms with E-state index in [0.29, 0.717) is 11.3 Å². The molecule has 110 valence electrons. The van der Waals surface area contributed by atoms with E-state index >= 15 is 0 Å². The monoisotopic (exact) mass is 286 g/mol. The lowest BCUT2D eigenvalue weighted by molar-refractivity contribution is 0.0925. The number of amides is 1. The minimum Gasteiger partial charge on any atom is -0.399 e. The summed E-state index contributed by atoms with van der Waals surface area (Å²) < 4.78 is 13.0. The van der Waals surface area contributed by atoms with Crippen molar-refractivity contribution in [3.8, 4) is 0 Å². The molecule has 0 bridgehead atoms. The highest BCUT2D eigenvalue weighted by atomic mass is 19.1. The number of carbonyl (C=O) groups is 1. The fourth-order valence-corrected chi connectivity index (χ4v) is 2.16. The molecule has 21 heavy (non-hydrogen) atoms. The van der Waals surface area contributed by atoms with Crippen LogP contribution in [0, 0.1) is 11.7 Å². The molecule has 1 unspecified atom stereocenters. The minimum atomic E-state index is -0.286. The maximum atomic E-state index is 13.0. The van der Waals surface area contributed by atoms with Crippen LogP contribution in [0.4, 0.5) is 10.1 Å². The zero-order chi connectivity index (χ0) is 15.4. The molecule has 0 aliphatic heterocycles. The van der Waals surface area contributed by atoms with Crippen LogP contribution < -0.4 is 11.1 Å². The van der Waals surface area contributed by atoms with Crippen molar-refractivity contribution in [1.82, 2.24) is 5.32 Å². The lowest BCUT2D eigenvalue weighted by atomic mass is 9.95. The topological polar surface area (TPSA) is 55.1 Å². The molecule has 4 heteroatoms. The predicted molar refractivity (Wildman–Crippen MR) is 82.3 cm³/mol. The van der Waals surface area contributed by atoms with E-state index in [9.17, 15) is 9.18 Å². The summed E-state index contributed by atoms with van der Waals surface area (Å²) in [5, 5.41) is 2.99. The second-order valence-electron chi connectivity index (χ2n) is 5.37. The van der Waals surface area contributed by atoms with E-state index in [0.717, 1.165) is 5.56 Å². The van der Waals surface area contributed by atoms with Crippen molar-refractivity contribution in [3.05, 3.63) is 65.5 Å². The Morgan fingerprint density at radius 3 is 2.14 bits per heavy atom. The van der Waals surface area contributed by atoms with Gasteiger partial charge in [0.1, 0.15) is 5.82 Å². The van der Waals surface area contributed by atoms with Crippen molar-refractivity contribution in [2.45, 2.75) is 19.9 Å². The molecule has 3 nitrogen and oxygen atoms in total. The second kappa shape index (κ2) is 6.39. The lowest BCUT2D eigenvalue weighted by Crippen LogP contribution is -2.31. The number of carbonyl (C=O) groups excluding carboxylic acids is 1. The Morgan fingerprint density at radius 1 is 1.05 bits per heavy atom. The van der Waals surface area contributed by atoms with Gasteiger partial charge in [0, 0.05) is 11.3 Å². The SMILES string of the molecule is CC(C)C(NC(=O)c1ccc(N)cc1)c1ccc(F)cc1. The smallest absolute Gasteiger partial charge is 0.251 e. The van der Waals surface area contributed by atoms with Crippen molar-refractivity contribution in [1.29, 1.82) is 0 Å². The number of hydrogen-bond donors (Lipinski definition) is 2. The Labute approximate surface area is 124 Å². The van der Waals surface area contributed by atoms with Crippen LogP contribution in [0.1, 0.15) is 35.8 Å². The third kappa shape index (κ3) is 3.81. The summed E-state index contributed by atoms with van der Waals surface area (Å²) in [5.74, 6) is -0.266. The molecule has 0 spiro atoms. The van der Waals surface area contributed by atoms with Gasteiger partial charge in [0.25, 0.3) is 5.91 Å². The van der Waals surface area contributed by atoms with Crippen LogP contribution in [-0.2, 0) is 0 Å². The van der Waals surface area contributed by atoms with Crippen LogP contribution in [-0.4, -0.2) is 5.91 Å². The fourth-order valence-electron chi connectivity index (χ4n) is 2.16. The van der Waals surface area contributed by atoms with Gasteiger partial charge in [-0.05, 0) is 47.9 Å². The van der Waals surface area contributed by atoms with Crippen LogP contribution in [0.15, 0.2) is 48.5 Å². The zero-order valence-electron chi connectivity index (χ0n) is 12.1. The molecule has 0 saturated carbocycles. The second-order valence-corrected chi connectivity index (χ2v) is 5.37. The molecule has 0 radical (unpaired) electrons. The van der Waals surface area contributed by atoms with Gasteiger partial charge >= 0.3 is 0 Å². The predicted octanol–water partition coefficient (Wildman–Crippen LogP) is 3.54. The summed E-state index contributed by atoms with van der Waals surface area (Å²) in [4.78, 5) is 12.3. The van der Waals surface area contributed by atoms with E-state index in [1.807, 2.05) is 13.8 Å².